The molecule has 0 spiro atoms. The molecule has 0 radical (unpaired) electrons. The van der Waals surface area contributed by atoms with Gasteiger partial charge in [0.25, 0.3) is 0 Å². The number of rotatable bonds is 4. The van der Waals surface area contributed by atoms with E-state index in [0.29, 0.717) is 5.69 Å². The van der Waals surface area contributed by atoms with E-state index in [1.807, 2.05) is 30.3 Å². The van der Waals surface area contributed by atoms with Crippen LogP contribution in [0.5, 0.6) is 0 Å². The van der Waals surface area contributed by atoms with Crippen LogP contribution in [-0.2, 0) is 14.3 Å². The Balaban J connectivity index is 0.000000188. The molecule has 1 aliphatic carbocycles. The van der Waals surface area contributed by atoms with E-state index >= 15 is 0 Å². The fraction of sp³-hybridized carbons (Fsp3) is 0.364. The van der Waals surface area contributed by atoms with Gasteiger partial charge in [-0.1, -0.05) is 36.4 Å². The number of nitrogens with one attached hydrogen (secondary N) is 1. The predicted octanol–water partition coefficient (Wildman–Crippen LogP) is 1.59. The van der Waals surface area contributed by atoms with Gasteiger partial charge in [-0.3, -0.25) is 4.79 Å². The Morgan fingerprint density at radius 1 is 1.19 bits per heavy atom. The van der Waals surface area contributed by atoms with Crippen LogP contribution in [0, 0.1) is 5.41 Å². The lowest BCUT2D eigenvalue weighted by atomic mass is 9.79. The van der Waals surface area contributed by atoms with Gasteiger partial charge in [0.15, 0.2) is 0 Å². The first-order valence-corrected chi connectivity index (χ1v) is 10.2. The van der Waals surface area contributed by atoms with Crippen molar-refractivity contribution in [1.29, 1.82) is 0 Å². The molecule has 6 N–H and O–H groups in total. The topological polar surface area (TPSA) is 160 Å². The molecule has 172 valence electrons. The third-order valence-electron chi connectivity index (χ3n) is 5.63. The molecule has 32 heavy (non-hydrogen) atoms. The van der Waals surface area contributed by atoms with Crippen LogP contribution in [0.15, 0.2) is 54.1 Å². The molecule has 10 heteroatoms. The number of fused-ring (bicyclic) bond motifs is 1. The number of aliphatic hydroxyl groups is 3. The van der Waals surface area contributed by atoms with Crippen LogP contribution in [0.1, 0.15) is 18.7 Å². The first-order valence-electron chi connectivity index (χ1n) is 9.80. The molecule has 1 fully saturated rings. The van der Waals surface area contributed by atoms with Gasteiger partial charge in [-0.25, -0.2) is 4.79 Å². The molecule has 2 unspecified atom stereocenters. The fourth-order valence-corrected chi connectivity index (χ4v) is 3.94. The number of para-hydroxylation sites is 1. The Hall–Kier alpha value is -2.69. The van der Waals surface area contributed by atoms with Gasteiger partial charge >= 0.3 is 11.9 Å². The number of aliphatic carboxylic acids is 2. The lowest BCUT2D eigenvalue weighted by Gasteiger charge is -2.29. The minimum absolute atomic E-state index is 0.0981. The molecule has 0 saturated carbocycles. The maximum Gasteiger partial charge on any atom is 0.333 e. The number of ether oxygens (including phenoxy) is 1. The van der Waals surface area contributed by atoms with Crippen molar-refractivity contribution in [3.63, 3.8) is 0 Å². The third-order valence-corrected chi connectivity index (χ3v) is 6.31. The summed E-state index contributed by atoms with van der Waals surface area (Å²) in [7, 11) is 0. The second kappa shape index (κ2) is 9.43. The minimum Gasteiger partial charge on any atom is -0.481 e. The average molecular weight is 466 g/mol. The second-order valence-corrected chi connectivity index (χ2v) is 8.24. The minimum atomic E-state index is -1.36. The molecule has 2 heterocycles. The Kier molecular flexibility index (Phi) is 7.06. The molecule has 2 aromatic rings. The number of aromatic nitrogens is 1. The van der Waals surface area contributed by atoms with E-state index in [1.54, 1.807) is 0 Å². The molecule has 0 amide bonds. The number of alkyl halides is 1. The highest BCUT2D eigenvalue weighted by Crippen LogP contribution is 2.36. The van der Waals surface area contributed by atoms with Crippen molar-refractivity contribution in [2.24, 2.45) is 5.41 Å². The summed E-state index contributed by atoms with van der Waals surface area (Å²) in [6.07, 6.45) is 0.628. The molecule has 2 aliphatic rings. The van der Waals surface area contributed by atoms with Gasteiger partial charge in [-0.05, 0) is 24.4 Å². The van der Waals surface area contributed by atoms with Crippen LogP contribution in [0.3, 0.4) is 0 Å². The average Bonchev–Trinajstić information content (AvgIpc) is 3.31. The number of hydrogen-bond donors (Lipinski definition) is 6. The van der Waals surface area contributed by atoms with Crippen molar-refractivity contribution in [2.75, 3.05) is 6.61 Å². The summed E-state index contributed by atoms with van der Waals surface area (Å²) < 4.78 is 5.47. The van der Waals surface area contributed by atoms with E-state index in [4.69, 9.17) is 31.7 Å². The van der Waals surface area contributed by atoms with E-state index in [-0.39, 0.29) is 12.2 Å². The fourth-order valence-electron chi connectivity index (χ4n) is 3.61. The number of allylic oxidation sites excluding steroid dienone is 2. The number of hydrogen-bond acceptors (Lipinski definition) is 6. The van der Waals surface area contributed by atoms with Crippen LogP contribution in [0.2, 0.25) is 0 Å². The predicted molar refractivity (Wildman–Crippen MR) is 115 cm³/mol. The van der Waals surface area contributed by atoms with Crippen molar-refractivity contribution in [1.82, 2.24) is 4.98 Å². The van der Waals surface area contributed by atoms with Crippen LogP contribution in [-0.4, -0.2) is 72.8 Å². The Morgan fingerprint density at radius 2 is 1.88 bits per heavy atom. The number of carbonyl (C=O) groups is 2. The number of H-pyrrole nitrogens is 1. The van der Waals surface area contributed by atoms with Gasteiger partial charge in [0.05, 0.1) is 17.6 Å². The zero-order chi connectivity index (χ0) is 23.6. The zero-order valence-electron chi connectivity index (χ0n) is 17.1. The summed E-state index contributed by atoms with van der Waals surface area (Å²) >= 11 is 5.80. The number of aliphatic hydroxyl groups excluding tert-OH is 3. The van der Waals surface area contributed by atoms with Gasteiger partial charge < -0.3 is 35.3 Å². The second-order valence-electron chi connectivity index (χ2n) is 7.81. The summed E-state index contributed by atoms with van der Waals surface area (Å²) in [5.41, 5.74) is 0.201. The molecule has 0 bridgehead atoms. The largest absolute Gasteiger partial charge is 0.481 e. The SMILES string of the molecule is CC1(C(=O)O)C=CC=C(C(=O)O)C1Cl.OC[C@H]1O[C@@H](c2cc3ccccc3[nH]2)[C@H](O)[C@@H]1O. The quantitative estimate of drug-likeness (QED) is 0.371. The summed E-state index contributed by atoms with van der Waals surface area (Å²) in [5, 5.41) is 46.3. The van der Waals surface area contributed by atoms with Gasteiger partial charge in [0, 0.05) is 11.2 Å². The molecule has 1 aliphatic heterocycles. The normalized spacial score (nSPS) is 31.7. The molecular formula is C22H24ClNO8. The smallest absolute Gasteiger partial charge is 0.333 e. The number of aromatic amines is 1. The summed E-state index contributed by atoms with van der Waals surface area (Å²) in [6, 6.07) is 9.61. The van der Waals surface area contributed by atoms with Crippen LogP contribution >= 0.6 is 11.6 Å². The summed E-state index contributed by atoms with van der Waals surface area (Å²) in [6.45, 7) is 1.08. The van der Waals surface area contributed by atoms with E-state index < -0.39 is 47.1 Å². The molecule has 1 aromatic heterocycles. The maximum atomic E-state index is 10.9. The molecule has 4 rings (SSSR count). The highest BCUT2D eigenvalue weighted by atomic mass is 35.5. The monoisotopic (exact) mass is 465 g/mol. The van der Waals surface area contributed by atoms with E-state index in [9.17, 15) is 19.8 Å². The first kappa shape index (κ1) is 24.0. The van der Waals surface area contributed by atoms with Gasteiger partial charge in [0.2, 0.25) is 0 Å². The van der Waals surface area contributed by atoms with Gasteiger partial charge in [0.1, 0.15) is 29.8 Å². The molecule has 6 atom stereocenters. The first-order chi connectivity index (χ1) is 15.1. The number of halogens is 1. The van der Waals surface area contributed by atoms with Crippen molar-refractivity contribution in [3.05, 3.63) is 59.8 Å². The van der Waals surface area contributed by atoms with Crippen LogP contribution in [0.25, 0.3) is 10.9 Å². The number of carboxylic acids is 2. The number of benzene rings is 1. The summed E-state index contributed by atoms with van der Waals surface area (Å²) in [5.74, 6) is -2.33. The summed E-state index contributed by atoms with van der Waals surface area (Å²) in [4.78, 5) is 24.7. The van der Waals surface area contributed by atoms with Crippen molar-refractivity contribution in [2.45, 2.75) is 36.7 Å². The lowest BCUT2D eigenvalue weighted by Crippen LogP contribution is -2.39. The molecular weight excluding hydrogens is 442 g/mol. The van der Waals surface area contributed by atoms with Crippen molar-refractivity contribution in [3.8, 4) is 0 Å². The molecule has 1 saturated heterocycles. The van der Waals surface area contributed by atoms with E-state index in [0.717, 1.165) is 10.9 Å². The highest BCUT2D eigenvalue weighted by molar-refractivity contribution is 6.27. The van der Waals surface area contributed by atoms with Gasteiger partial charge in [-0.2, -0.15) is 0 Å². The van der Waals surface area contributed by atoms with E-state index in [1.165, 1.54) is 25.2 Å². The van der Waals surface area contributed by atoms with Crippen molar-refractivity contribution < 1.29 is 39.9 Å². The Bertz CT molecular complexity index is 1030. The molecule has 1 aromatic carbocycles. The van der Waals surface area contributed by atoms with Gasteiger partial charge in [-0.15, -0.1) is 11.6 Å². The highest BCUT2D eigenvalue weighted by Gasteiger charge is 2.44. The standard InChI is InChI=1S/C13H15NO4.C9H9ClO4/c15-6-10-11(16)12(17)13(18-10)9-5-7-3-1-2-4-8(7)14-9;1-9(8(13)14)4-2-3-5(6(9)10)7(11)12/h1-5,10-17H,6H2;2-4,6H,1H3,(H,11,12)(H,13,14)/t10-,11-,12-,13+;/m1./s1. The molecule has 9 nitrogen and oxygen atoms in total. The number of carboxylic acid groups (broad SMARTS) is 2. The lowest BCUT2D eigenvalue weighted by molar-refractivity contribution is -0.145. The van der Waals surface area contributed by atoms with E-state index in [2.05, 4.69) is 4.98 Å². The van der Waals surface area contributed by atoms with Crippen molar-refractivity contribution >= 4 is 34.4 Å². The maximum absolute atomic E-state index is 10.9. The Morgan fingerprint density at radius 3 is 2.44 bits per heavy atom. The Labute approximate surface area is 188 Å². The third kappa shape index (κ3) is 4.43. The van der Waals surface area contributed by atoms with Crippen LogP contribution in [0.4, 0.5) is 0 Å². The zero-order valence-corrected chi connectivity index (χ0v) is 17.8. The van der Waals surface area contributed by atoms with Crippen LogP contribution < -0.4 is 0 Å².